The number of benzene rings is 1. The van der Waals surface area contributed by atoms with E-state index in [0.29, 0.717) is 13.0 Å². The summed E-state index contributed by atoms with van der Waals surface area (Å²) >= 11 is 0. The van der Waals surface area contributed by atoms with Crippen LogP contribution in [-0.2, 0) is 20.8 Å². The predicted molar refractivity (Wildman–Crippen MR) is 72.4 cm³/mol. The molecule has 1 aromatic carbocycles. The summed E-state index contributed by atoms with van der Waals surface area (Å²) in [5, 5.41) is 14.7. The number of aliphatic carboxylic acids is 1. The van der Waals surface area contributed by atoms with Gasteiger partial charge in [-0.25, -0.2) is 9.18 Å². The molecule has 1 aliphatic heterocycles. The average Bonchev–Trinajstić information content (AvgIpc) is 2.91. The number of carbonyl (C=O) groups is 2. The molecule has 0 spiro atoms. The molecule has 0 bridgehead atoms. The van der Waals surface area contributed by atoms with Crippen molar-refractivity contribution in [1.29, 1.82) is 0 Å². The van der Waals surface area contributed by atoms with Gasteiger partial charge in [-0.2, -0.15) is 0 Å². The Kier molecular flexibility index (Phi) is 4.52. The molecule has 1 aromatic rings. The van der Waals surface area contributed by atoms with Gasteiger partial charge in [-0.3, -0.25) is 4.79 Å². The van der Waals surface area contributed by atoms with Crippen molar-refractivity contribution in [3.8, 4) is 0 Å². The zero-order valence-corrected chi connectivity index (χ0v) is 11.4. The van der Waals surface area contributed by atoms with Crippen molar-refractivity contribution in [3.63, 3.8) is 0 Å². The lowest BCUT2D eigenvalue weighted by Gasteiger charge is -2.10. The van der Waals surface area contributed by atoms with Crippen LogP contribution in [0.5, 0.6) is 0 Å². The summed E-state index contributed by atoms with van der Waals surface area (Å²) < 4.78 is 13.0. The van der Waals surface area contributed by atoms with Gasteiger partial charge in [0.15, 0.2) is 5.71 Å². The lowest BCUT2D eigenvalue weighted by atomic mass is 10.1. The SMILES string of the molecule is Cc1cc(F)ccc1CCNC(=O)C1CC(C(=O)O)=NO1. The molecular formula is C14H15FN2O4. The van der Waals surface area contributed by atoms with Crippen molar-refractivity contribution in [2.24, 2.45) is 5.16 Å². The maximum Gasteiger partial charge on any atom is 0.353 e. The minimum absolute atomic E-state index is 0.0449. The summed E-state index contributed by atoms with van der Waals surface area (Å²) in [5.74, 6) is -1.89. The van der Waals surface area contributed by atoms with Crippen molar-refractivity contribution in [2.45, 2.75) is 25.9 Å². The second-order valence-corrected chi connectivity index (χ2v) is 4.75. The molecule has 1 atom stereocenters. The van der Waals surface area contributed by atoms with Gasteiger partial charge in [0.2, 0.25) is 6.10 Å². The third kappa shape index (κ3) is 3.77. The maximum atomic E-state index is 13.0. The van der Waals surface area contributed by atoms with Crippen molar-refractivity contribution < 1.29 is 23.9 Å². The molecule has 0 fully saturated rings. The molecule has 6 nitrogen and oxygen atoms in total. The van der Waals surface area contributed by atoms with Crippen LogP contribution in [0, 0.1) is 12.7 Å². The fourth-order valence-electron chi connectivity index (χ4n) is 2.02. The van der Waals surface area contributed by atoms with Crippen molar-refractivity contribution >= 4 is 17.6 Å². The van der Waals surface area contributed by atoms with Crippen LogP contribution in [0.15, 0.2) is 23.4 Å². The highest BCUT2D eigenvalue weighted by atomic mass is 19.1. The Morgan fingerprint density at radius 1 is 1.52 bits per heavy atom. The number of nitrogens with zero attached hydrogens (tertiary/aromatic N) is 1. The number of hydrogen-bond donors (Lipinski definition) is 2. The Morgan fingerprint density at radius 3 is 2.90 bits per heavy atom. The normalized spacial score (nSPS) is 17.0. The van der Waals surface area contributed by atoms with Gasteiger partial charge < -0.3 is 15.3 Å². The fourth-order valence-corrected chi connectivity index (χ4v) is 2.02. The van der Waals surface area contributed by atoms with Gasteiger partial charge in [0.05, 0.1) is 0 Å². The lowest BCUT2D eigenvalue weighted by Crippen LogP contribution is -2.36. The van der Waals surface area contributed by atoms with E-state index in [1.165, 1.54) is 12.1 Å². The molecular weight excluding hydrogens is 279 g/mol. The molecule has 0 saturated carbocycles. The molecule has 1 amide bonds. The Labute approximate surface area is 120 Å². The van der Waals surface area contributed by atoms with Crippen molar-refractivity contribution in [3.05, 3.63) is 35.1 Å². The molecule has 0 aromatic heterocycles. The van der Waals surface area contributed by atoms with E-state index in [4.69, 9.17) is 9.94 Å². The summed E-state index contributed by atoms with van der Waals surface area (Å²) in [6.07, 6.45) is -0.390. The molecule has 7 heteroatoms. The first-order valence-electron chi connectivity index (χ1n) is 6.46. The average molecular weight is 294 g/mol. The Balaban J connectivity index is 1.79. The van der Waals surface area contributed by atoms with Crippen molar-refractivity contribution in [2.75, 3.05) is 6.54 Å². The van der Waals surface area contributed by atoms with Crippen LogP contribution < -0.4 is 5.32 Å². The monoisotopic (exact) mass is 294 g/mol. The number of hydrogen-bond acceptors (Lipinski definition) is 4. The Morgan fingerprint density at radius 2 is 2.29 bits per heavy atom. The van der Waals surface area contributed by atoms with E-state index in [2.05, 4.69) is 10.5 Å². The molecule has 2 N–H and O–H groups in total. The van der Waals surface area contributed by atoms with Gasteiger partial charge in [0.1, 0.15) is 5.82 Å². The minimum Gasteiger partial charge on any atom is -0.477 e. The molecule has 1 aliphatic rings. The summed E-state index contributed by atoms with van der Waals surface area (Å²) in [5.41, 5.74) is 1.59. The van der Waals surface area contributed by atoms with Crippen LogP contribution in [0.4, 0.5) is 4.39 Å². The van der Waals surface area contributed by atoms with E-state index in [0.717, 1.165) is 11.1 Å². The summed E-state index contributed by atoms with van der Waals surface area (Å²) in [6, 6.07) is 4.48. The largest absolute Gasteiger partial charge is 0.477 e. The predicted octanol–water partition coefficient (Wildman–Crippen LogP) is 1.02. The van der Waals surface area contributed by atoms with Gasteiger partial charge in [-0.15, -0.1) is 0 Å². The van der Waals surface area contributed by atoms with Crippen LogP contribution in [0.3, 0.4) is 0 Å². The number of aryl methyl sites for hydroxylation is 1. The second-order valence-electron chi connectivity index (χ2n) is 4.75. The lowest BCUT2D eigenvalue weighted by molar-refractivity contribution is -0.131. The first-order chi connectivity index (χ1) is 9.97. The van der Waals surface area contributed by atoms with E-state index >= 15 is 0 Å². The zero-order valence-electron chi connectivity index (χ0n) is 11.4. The standard InChI is InChI=1S/C14H15FN2O4/c1-8-6-10(15)3-2-9(8)4-5-16-13(18)12-7-11(14(19)20)17-21-12/h2-3,6,12H,4-5,7H2,1H3,(H,16,18)(H,19,20). The number of amides is 1. The molecule has 2 rings (SSSR count). The number of halogens is 1. The fraction of sp³-hybridized carbons (Fsp3) is 0.357. The number of rotatable bonds is 5. The molecule has 112 valence electrons. The van der Waals surface area contributed by atoms with E-state index in [1.807, 2.05) is 0 Å². The number of carbonyl (C=O) groups excluding carboxylic acids is 1. The van der Waals surface area contributed by atoms with Crippen LogP contribution in [-0.4, -0.2) is 35.3 Å². The minimum atomic E-state index is -1.19. The summed E-state index contributed by atoms with van der Waals surface area (Å²) in [4.78, 5) is 27.2. The van der Waals surface area contributed by atoms with Crippen molar-refractivity contribution in [1.82, 2.24) is 5.32 Å². The summed E-state index contributed by atoms with van der Waals surface area (Å²) in [6.45, 7) is 2.15. The van der Waals surface area contributed by atoms with Gasteiger partial charge in [0.25, 0.3) is 5.91 Å². The quantitative estimate of drug-likeness (QED) is 0.848. The van der Waals surface area contributed by atoms with E-state index in [-0.39, 0.29) is 17.9 Å². The third-order valence-corrected chi connectivity index (χ3v) is 3.21. The van der Waals surface area contributed by atoms with Gasteiger partial charge in [-0.1, -0.05) is 11.2 Å². The van der Waals surface area contributed by atoms with Gasteiger partial charge in [-0.05, 0) is 36.6 Å². The maximum absolute atomic E-state index is 13.0. The van der Waals surface area contributed by atoms with Crippen LogP contribution >= 0.6 is 0 Å². The smallest absolute Gasteiger partial charge is 0.353 e. The highest BCUT2D eigenvalue weighted by Gasteiger charge is 2.31. The number of carboxylic acids is 1. The molecule has 21 heavy (non-hydrogen) atoms. The van der Waals surface area contributed by atoms with Crippen LogP contribution in [0.2, 0.25) is 0 Å². The van der Waals surface area contributed by atoms with E-state index < -0.39 is 18.0 Å². The first-order valence-corrected chi connectivity index (χ1v) is 6.46. The Bertz CT molecular complexity index is 601. The molecule has 0 radical (unpaired) electrons. The van der Waals surface area contributed by atoms with E-state index in [1.54, 1.807) is 13.0 Å². The van der Waals surface area contributed by atoms with Crippen LogP contribution in [0.25, 0.3) is 0 Å². The topological polar surface area (TPSA) is 88.0 Å². The molecule has 0 aliphatic carbocycles. The highest BCUT2D eigenvalue weighted by molar-refractivity contribution is 6.36. The number of carboxylic acid groups (broad SMARTS) is 1. The third-order valence-electron chi connectivity index (χ3n) is 3.21. The zero-order chi connectivity index (χ0) is 15.4. The van der Waals surface area contributed by atoms with E-state index in [9.17, 15) is 14.0 Å². The van der Waals surface area contributed by atoms with Crippen LogP contribution in [0.1, 0.15) is 17.5 Å². The number of nitrogens with one attached hydrogen (secondary N) is 1. The highest BCUT2D eigenvalue weighted by Crippen LogP contribution is 2.12. The second kappa shape index (κ2) is 6.34. The van der Waals surface area contributed by atoms with Gasteiger partial charge >= 0.3 is 5.97 Å². The summed E-state index contributed by atoms with van der Waals surface area (Å²) in [7, 11) is 0. The number of oxime groups is 1. The molecule has 1 heterocycles. The molecule has 0 saturated heterocycles. The van der Waals surface area contributed by atoms with Gasteiger partial charge in [0, 0.05) is 13.0 Å². The first kappa shape index (κ1) is 15.0. The molecule has 1 unspecified atom stereocenters. The Hall–Kier alpha value is -2.44.